The summed E-state index contributed by atoms with van der Waals surface area (Å²) in [6.07, 6.45) is 2.44. The van der Waals surface area contributed by atoms with E-state index >= 15 is 0 Å². The third kappa shape index (κ3) is 7.41. The molecule has 0 amide bonds. The Balaban J connectivity index is 1.32. The molecule has 4 aromatic carbocycles. The predicted octanol–water partition coefficient (Wildman–Crippen LogP) is 6.60. The van der Waals surface area contributed by atoms with Gasteiger partial charge in [-0.25, -0.2) is 0 Å². The topological polar surface area (TPSA) is 77.8 Å². The molecule has 0 aliphatic carbocycles. The van der Waals surface area contributed by atoms with Crippen molar-refractivity contribution >= 4 is 5.78 Å². The Hall–Kier alpha value is -3.73. The Kier molecular flexibility index (Phi) is 9.47. The number of aromatic hydroxyl groups is 1. The highest BCUT2D eigenvalue weighted by atomic mass is 16.3. The molecular formula is C34H36O4. The molecule has 0 saturated carbocycles. The largest absolute Gasteiger partial charge is 0.508 e. The molecule has 196 valence electrons. The second-order valence-corrected chi connectivity index (χ2v) is 10.2. The van der Waals surface area contributed by atoms with Crippen molar-refractivity contribution < 1.29 is 20.1 Å². The van der Waals surface area contributed by atoms with Crippen LogP contribution in [0.25, 0.3) is 11.1 Å². The number of hydrogen-bond donors (Lipinski definition) is 3. The molecule has 2 atom stereocenters. The van der Waals surface area contributed by atoms with Gasteiger partial charge in [-0.2, -0.15) is 0 Å². The van der Waals surface area contributed by atoms with Crippen molar-refractivity contribution in [2.45, 2.75) is 51.7 Å². The number of carbonyl (C=O) groups excluding carboxylic acids is 1. The molecule has 0 aliphatic rings. The van der Waals surface area contributed by atoms with Gasteiger partial charge < -0.3 is 15.3 Å². The van der Waals surface area contributed by atoms with Gasteiger partial charge in [-0.15, -0.1) is 0 Å². The fraction of sp³-hybridized carbons (Fsp3) is 0.265. The van der Waals surface area contributed by atoms with Crippen LogP contribution < -0.4 is 0 Å². The predicted molar refractivity (Wildman–Crippen MR) is 152 cm³/mol. The maximum absolute atomic E-state index is 13.0. The van der Waals surface area contributed by atoms with Crippen molar-refractivity contribution in [3.05, 3.63) is 125 Å². The fourth-order valence-electron chi connectivity index (χ4n) is 5.00. The van der Waals surface area contributed by atoms with Crippen LogP contribution in [0.5, 0.6) is 5.75 Å². The van der Waals surface area contributed by atoms with Gasteiger partial charge >= 0.3 is 0 Å². The molecule has 4 aromatic rings. The summed E-state index contributed by atoms with van der Waals surface area (Å²) in [5, 5.41) is 29.7. The Morgan fingerprint density at radius 2 is 1.50 bits per heavy atom. The van der Waals surface area contributed by atoms with Gasteiger partial charge in [0.15, 0.2) is 0 Å². The van der Waals surface area contributed by atoms with Gasteiger partial charge in [0.2, 0.25) is 0 Å². The Bertz CT molecular complexity index is 1350. The Labute approximate surface area is 225 Å². The molecule has 0 saturated heterocycles. The molecule has 3 N–H and O–H groups in total. The minimum absolute atomic E-state index is 0.0376. The number of aliphatic hydroxyl groups is 2. The van der Waals surface area contributed by atoms with E-state index < -0.39 is 6.10 Å². The lowest BCUT2D eigenvalue weighted by molar-refractivity contribution is -0.117. The third-order valence-corrected chi connectivity index (χ3v) is 7.06. The van der Waals surface area contributed by atoms with E-state index in [1.807, 2.05) is 48.5 Å². The Morgan fingerprint density at radius 1 is 0.763 bits per heavy atom. The normalized spacial score (nSPS) is 12.7. The number of aliphatic hydroxyl groups excluding tert-OH is 2. The average Bonchev–Trinajstić information content (AvgIpc) is 2.93. The standard InChI is InChI=1S/C34H36O4/c1-24(14-16-33(37)29-15-17-34(38)30(21-29)23-35)18-25-8-7-9-26(19-25)20-31(36)22-28-12-5-6-13-32(28)27-10-3-2-4-11-27/h2-13,15,17,19,21,24,33,35,37-38H,14,16,18,20,22-23H2,1H3/t24-,33-/m0/s1. The number of phenols is 1. The summed E-state index contributed by atoms with van der Waals surface area (Å²) in [4.78, 5) is 13.0. The van der Waals surface area contributed by atoms with E-state index in [0.29, 0.717) is 36.3 Å². The van der Waals surface area contributed by atoms with Crippen LogP contribution in [0.4, 0.5) is 0 Å². The van der Waals surface area contributed by atoms with Gasteiger partial charge in [0.25, 0.3) is 0 Å². The smallest absolute Gasteiger partial charge is 0.141 e. The summed E-state index contributed by atoms with van der Waals surface area (Å²) in [5.41, 5.74) is 6.61. The maximum Gasteiger partial charge on any atom is 0.141 e. The molecule has 4 rings (SSSR count). The first-order valence-electron chi connectivity index (χ1n) is 13.3. The average molecular weight is 509 g/mol. The van der Waals surface area contributed by atoms with Gasteiger partial charge in [0, 0.05) is 18.4 Å². The van der Waals surface area contributed by atoms with Crippen LogP contribution in [0, 0.1) is 5.92 Å². The zero-order valence-corrected chi connectivity index (χ0v) is 21.9. The van der Waals surface area contributed by atoms with Crippen LogP contribution in [-0.2, 0) is 30.7 Å². The summed E-state index contributed by atoms with van der Waals surface area (Å²) in [5.74, 6) is 0.580. The van der Waals surface area contributed by atoms with Crippen LogP contribution in [0.2, 0.25) is 0 Å². The first kappa shape index (κ1) is 27.3. The summed E-state index contributed by atoms with van der Waals surface area (Å²) < 4.78 is 0. The maximum atomic E-state index is 13.0. The van der Waals surface area contributed by atoms with Crippen molar-refractivity contribution in [1.29, 1.82) is 0 Å². The van der Waals surface area contributed by atoms with E-state index in [4.69, 9.17) is 0 Å². The quantitative estimate of drug-likeness (QED) is 0.202. The van der Waals surface area contributed by atoms with Crippen LogP contribution in [0.3, 0.4) is 0 Å². The highest BCUT2D eigenvalue weighted by molar-refractivity contribution is 5.85. The molecule has 0 heterocycles. The number of rotatable bonds is 12. The second kappa shape index (κ2) is 13.2. The number of ketones is 1. The van der Waals surface area contributed by atoms with Gasteiger partial charge in [-0.3, -0.25) is 4.79 Å². The molecule has 0 radical (unpaired) electrons. The lowest BCUT2D eigenvalue weighted by Gasteiger charge is -2.17. The zero-order valence-electron chi connectivity index (χ0n) is 21.9. The third-order valence-electron chi connectivity index (χ3n) is 7.06. The molecule has 0 spiro atoms. The molecule has 38 heavy (non-hydrogen) atoms. The molecule has 0 bridgehead atoms. The first-order chi connectivity index (χ1) is 18.4. The zero-order chi connectivity index (χ0) is 26.9. The Morgan fingerprint density at radius 3 is 2.29 bits per heavy atom. The van der Waals surface area contributed by atoms with Crippen LogP contribution in [0.15, 0.2) is 97.1 Å². The molecule has 4 heteroatoms. The van der Waals surface area contributed by atoms with E-state index in [2.05, 4.69) is 37.3 Å². The van der Waals surface area contributed by atoms with Gasteiger partial charge in [-0.1, -0.05) is 91.9 Å². The molecule has 4 nitrogen and oxygen atoms in total. The van der Waals surface area contributed by atoms with E-state index in [-0.39, 0.29) is 18.1 Å². The van der Waals surface area contributed by atoms with Gasteiger partial charge in [0.1, 0.15) is 11.5 Å². The van der Waals surface area contributed by atoms with E-state index in [1.165, 1.54) is 11.6 Å². The SMILES string of the molecule is C[C@@H](CC[C@H](O)c1ccc(O)c(CO)c1)Cc1cccc(CC(=O)Cc2ccccc2-c2ccccc2)c1. The van der Waals surface area contributed by atoms with Gasteiger partial charge in [0.05, 0.1) is 12.7 Å². The molecule has 0 aromatic heterocycles. The van der Waals surface area contributed by atoms with Crippen LogP contribution in [0.1, 0.15) is 53.7 Å². The van der Waals surface area contributed by atoms with Crippen molar-refractivity contribution in [1.82, 2.24) is 0 Å². The van der Waals surface area contributed by atoms with E-state index in [1.54, 1.807) is 12.1 Å². The second-order valence-electron chi connectivity index (χ2n) is 10.2. The molecule has 0 fully saturated rings. The summed E-state index contributed by atoms with van der Waals surface area (Å²) in [7, 11) is 0. The lowest BCUT2D eigenvalue weighted by Crippen LogP contribution is -2.08. The minimum Gasteiger partial charge on any atom is -0.508 e. The van der Waals surface area contributed by atoms with Gasteiger partial charge in [-0.05, 0) is 70.7 Å². The van der Waals surface area contributed by atoms with Crippen LogP contribution in [-0.4, -0.2) is 21.1 Å². The number of carbonyl (C=O) groups is 1. The summed E-state index contributed by atoms with van der Waals surface area (Å²) in [6, 6.07) is 31.4. The highest BCUT2D eigenvalue weighted by Crippen LogP contribution is 2.27. The van der Waals surface area contributed by atoms with Crippen molar-refractivity contribution in [2.75, 3.05) is 0 Å². The van der Waals surface area contributed by atoms with E-state index in [9.17, 15) is 20.1 Å². The fourth-order valence-corrected chi connectivity index (χ4v) is 5.00. The first-order valence-corrected chi connectivity index (χ1v) is 13.3. The van der Waals surface area contributed by atoms with E-state index in [0.717, 1.165) is 35.1 Å². The minimum atomic E-state index is -0.647. The molecule has 0 unspecified atom stereocenters. The molecular weight excluding hydrogens is 472 g/mol. The number of hydrogen-bond acceptors (Lipinski definition) is 4. The van der Waals surface area contributed by atoms with Crippen molar-refractivity contribution in [2.24, 2.45) is 5.92 Å². The van der Waals surface area contributed by atoms with Crippen molar-refractivity contribution in [3.63, 3.8) is 0 Å². The molecule has 0 aliphatic heterocycles. The lowest BCUT2D eigenvalue weighted by atomic mass is 9.91. The monoisotopic (exact) mass is 508 g/mol. The number of benzene rings is 4. The van der Waals surface area contributed by atoms with Crippen molar-refractivity contribution in [3.8, 4) is 16.9 Å². The number of Topliss-reactive ketones (excluding diaryl/α,β-unsaturated/α-hetero) is 1. The highest BCUT2D eigenvalue weighted by Gasteiger charge is 2.14. The summed E-state index contributed by atoms with van der Waals surface area (Å²) >= 11 is 0. The summed E-state index contributed by atoms with van der Waals surface area (Å²) in [6.45, 7) is 1.90. The van der Waals surface area contributed by atoms with Crippen LogP contribution >= 0.6 is 0 Å².